The first-order valence-corrected chi connectivity index (χ1v) is 11.9. The third-order valence-electron chi connectivity index (χ3n) is 7.41. The van der Waals surface area contributed by atoms with Gasteiger partial charge in [0.2, 0.25) is 0 Å². The number of hydrogen-bond donors (Lipinski definition) is 0. The Morgan fingerprint density at radius 1 is 1.00 bits per heavy atom. The monoisotopic (exact) mass is 407 g/mol. The van der Waals surface area contributed by atoms with E-state index < -0.39 is 0 Å². The lowest BCUT2D eigenvalue weighted by Gasteiger charge is -2.32. The molecule has 0 atom stereocenters. The van der Waals surface area contributed by atoms with Crippen molar-refractivity contribution in [2.45, 2.75) is 77.8 Å². The number of piperidine rings is 1. The van der Waals surface area contributed by atoms with E-state index in [2.05, 4.69) is 52.1 Å². The lowest BCUT2D eigenvalue weighted by molar-refractivity contribution is -0.121. The van der Waals surface area contributed by atoms with Gasteiger partial charge in [0.05, 0.1) is 6.20 Å². The molecule has 4 rings (SSSR count). The van der Waals surface area contributed by atoms with Gasteiger partial charge in [-0.3, -0.25) is 14.4 Å². The van der Waals surface area contributed by atoms with Gasteiger partial charge < -0.3 is 0 Å². The first-order valence-electron chi connectivity index (χ1n) is 11.9. The van der Waals surface area contributed by atoms with Crippen LogP contribution < -0.4 is 0 Å². The molecule has 2 heterocycles. The second-order valence-corrected chi connectivity index (χ2v) is 9.54. The molecule has 0 unspecified atom stereocenters. The van der Waals surface area contributed by atoms with E-state index in [1.165, 1.54) is 42.6 Å². The van der Waals surface area contributed by atoms with Gasteiger partial charge in [0.15, 0.2) is 0 Å². The van der Waals surface area contributed by atoms with Crippen LogP contribution >= 0.6 is 0 Å². The molecule has 0 N–H and O–H groups in total. The predicted molar refractivity (Wildman–Crippen MR) is 121 cm³/mol. The van der Waals surface area contributed by atoms with Crippen LogP contribution in [-0.2, 0) is 24.3 Å². The Hall–Kier alpha value is -1.94. The van der Waals surface area contributed by atoms with E-state index in [0.717, 1.165) is 51.1 Å². The molecule has 0 bridgehead atoms. The molecule has 4 heteroatoms. The van der Waals surface area contributed by atoms with Crippen molar-refractivity contribution in [1.82, 2.24) is 14.7 Å². The topological polar surface area (TPSA) is 38.1 Å². The zero-order valence-corrected chi connectivity index (χ0v) is 18.7. The summed E-state index contributed by atoms with van der Waals surface area (Å²) in [6.45, 7) is 8.43. The predicted octanol–water partition coefficient (Wildman–Crippen LogP) is 5.22. The minimum atomic E-state index is 0.311. The molecule has 2 aliphatic rings. The van der Waals surface area contributed by atoms with Crippen molar-refractivity contribution < 1.29 is 4.79 Å². The van der Waals surface area contributed by atoms with Crippen molar-refractivity contribution in [2.24, 2.45) is 11.8 Å². The summed E-state index contributed by atoms with van der Waals surface area (Å²) in [5, 5.41) is 4.51. The Morgan fingerprint density at radius 2 is 1.70 bits per heavy atom. The van der Waals surface area contributed by atoms with Crippen LogP contribution in [0.4, 0.5) is 0 Å². The van der Waals surface area contributed by atoms with E-state index >= 15 is 0 Å². The van der Waals surface area contributed by atoms with Crippen LogP contribution in [0.3, 0.4) is 0 Å². The number of ketones is 1. The normalized spacial score (nSPS) is 23.5. The van der Waals surface area contributed by atoms with Crippen molar-refractivity contribution >= 4 is 5.78 Å². The van der Waals surface area contributed by atoms with Crippen molar-refractivity contribution in [3.05, 3.63) is 53.3 Å². The van der Waals surface area contributed by atoms with E-state index in [-0.39, 0.29) is 0 Å². The molecule has 162 valence electrons. The fraction of sp³-hybridized carbons (Fsp3) is 0.615. The summed E-state index contributed by atoms with van der Waals surface area (Å²) < 4.78 is 2.14. The summed E-state index contributed by atoms with van der Waals surface area (Å²) in [5.74, 6) is 2.08. The quantitative estimate of drug-likeness (QED) is 0.631. The highest BCUT2D eigenvalue weighted by molar-refractivity contribution is 5.78. The number of benzene rings is 1. The maximum Gasteiger partial charge on any atom is 0.132 e. The van der Waals surface area contributed by atoms with Crippen LogP contribution in [0.5, 0.6) is 0 Å². The summed E-state index contributed by atoms with van der Waals surface area (Å²) in [7, 11) is 0. The molecule has 1 aliphatic carbocycles. The molecule has 1 aliphatic heterocycles. The number of carbonyl (C=O) groups excluding carboxylic acids is 1. The van der Waals surface area contributed by atoms with Gasteiger partial charge in [-0.15, -0.1) is 0 Å². The van der Waals surface area contributed by atoms with Crippen molar-refractivity contribution in [2.75, 3.05) is 13.1 Å². The lowest BCUT2D eigenvalue weighted by atomic mass is 9.77. The number of likely N-dealkylation sites (tertiary alicyclic amines) is 1. The van der Waals surface area contributed by atoms with Gasteiger partial charge in [-0.25, -0.2) is 0 Å². The van der Waals surface area contributed by atoms with E-state index in [1.54, 1.807) is 6.92 Å². The molecule has 0 amide bonds. The summed E-state index contributed by atoms with van der Waals surface area (Å²) >= 11 is 0. The summed E-state index contributed by atoms with van der Waals surface area (Å²) in [6, 6.07) is 9.33. The third-order valence-corrected chi connectivity index (χ3v) is 7.41. The molecule has 0 radical (unpaired) electrons. The molecule has 30 heavy (non-hydrogen) atoms. The van der Waals surface area contributed by atoms with Gasteiger partial charge in [-0.2, -0.15) is 5.10 Å². The number of aromatic nitrogens is 2. The Morgan fingerprint density at radius 3 is 2.30 bits per heavy atom. The minimum Gasteiger partial charge on any atom is -0.300 e. The Bertz CT molecular complexity index is 809. The first-order chi connectivity index (χ1) is 14.6. The average molecular weight is 408 g/mol. The largest absolute Gasteiger partial charge is 0.300 e. The smallest absolute Gasteiger partial charge is 0.132 e. The van der Waals surface area contributed by atoms with Crippen molar-refractivity contribution in [1.29, 1.82) is 0 Å². The fourth-order valence-corrected chi connectivity index (χ4v) is 5.27. The van der Waals surface area contributed by atoms with Gasteiger partial charge in [-0.05, 0) is 93.5 Å². The van der Waals surface area contributed by atoms with Crippen LogP contribution in [0.25, 0.3) is 0 Å². The fourth-order valence-electron chi connectivity index (χ4n) is 5.27. The average Bonchev–Trinajstić information content (AvgIpc) is 3.23. The molecule has 1 saturated heterocycles. The van der Waals surface area contributed by atoms with Crippen LogP contribution in [0, 0.1) is 11.8 Å². The maximum atomic E-state index is 11.6. The maximum absolute atomic E-state index is 11.6. The summed E-state index contributed by atoms with van der Waals surface area (Å²) in [6.07, 6.45) is 12.3. The standard InChI is InChI=1S/C26H37N3O/c1-3-21-16-27-29(18-21)19-23-12-14-28(15-13-23)17-22-4-6-25(7-5-22)26-10-8-24(9-11-26)20(2)30/h4-7,16,18,23-24,26H,3,8-15,17,19H2,1-2H3. The third kappa shape index (κ3) is 5.40. The van der Waals surface area contributed by atoms with Crippen molar-refractivity contribution in [3.8, 4) is 0 Å². The number of hydrogen-bond acceptors (Lipinski definition) is 3. The van der Waals surface area contributed by atoms with E-state index in [9.17, 15) is 4.79 Å². The van der Waals surface area contributed by atoms with Crippen LogP contribution in [0.1, 0.15) is 75.0 Å². The second-order valence-electron chi connectivity index (χ2n) is 9.54. The molecular formula is C26H37N3O. The Labute approximate surface area is 181 Å². The van der Waals surface area contributed by atoms with Crippen LogP contribution in [-0.4, -0.2) is 33.6 Å². The van der Waals surface area contributed by atoms with Gasteiger partial charge in [0.25, 0.3) is 0 Å². The molecule has 2 fully saturated rings. The van der Waals surface area contributed by atoms with Crippen LogP contribution in [0.2, 0.25) is 0 Å². The van der Waals surface area contributed by atoms with Gasteiger partial charge in [0.1, 0.15) is 5.78 Å². The number of nitrogens with zero attached hydrogens (tertiary/aromatic N) is 3. The minimum absolute atomic E-state index is 0.311. The molecular weight excluding hydrogens is 370 g/mol. The summed E-state index contributed by atoms with van der Waals surface area (Å²) in [5.41, 5.74) is 4.22. The molecule has 1 saturated carbocycles. The molecule has 4 nitrogen and oxygen atoms in total. The van der Waals surface area contributed by atoms with E-state index in [1.807, 2.05) is 6.20 Å². The highest BCUT2D eigenvalue weighted by Crippen LogP contribution is 2.36. The molecule has 1 aromatic carbocycles. The number of carbonyl (C=O) groups is 1. The highest BCUT2D eigenvalue weighted by Gasteiger charge is 2.25. The van der Waals surface area contributed by atoms with Crippen molar-refractivity contribution in [3.63, 3.8) is 0 Å². The Kier molecular flexibility index (Phi) is 7.04. The summed E-state index contributed by atoms with van der Waals surface area (Å²) in [4.78, 5) is 14.2. The number of Topliss-reactive ketones (excluding diaryl/α,β-unsaturated/α-hetero) is 1. The van der Waals surface area contributed by atoms with Gasteiger partial charge in [-0.1, -0.05) is 31.2 Å². The molecule has 2 aromatic rings. The van der Waals surface area contributed by atoms with Crippen LogP contribution in [0.15, 0.2) is 36.7 Å². The first kappa shape index (κ1) is 21.3. The molecule has 1 aromatic heterocycles. The second kappa shape index (κ2) is 9.91. The SMILES string of the molecule is CCc1cnn(CC2CCN(Cc3ccc(C4CCC(C(C)=O)CC4)cc3)CC2)c1. The molecule has 0 spiro atoms. The number of aryl methyl sites for hydroxylation is 1. The van der Waals surface area contributed by atoms with Gasteiger partial charge in [0, 0.05) is 25.2 Å². The van der Waals surface area contributed by atoms with E-state index in [0.29, 0.717) is 17.6 Å². The lowest BCUT2D eigenvalue weighted by Crippen LogP contribution is -2.34. The Balaban J connectivity index is 1.22. The van der Waals surface area contributed by atoms with E-state index in [4.69, 9.17) is 0 Å². The zero-order valence-electron chi connectivity index (χ0n) is 18.7. The zero-order chi connectivity index (χ0) is 20.9. The number of rotatable bonds is 7. The highest BCUT2D eigenvalue weighted by atomic mass is 16.1. The van der Waals surface area contributed by atoms with Gasteiger partial charge >= 0.3 is 0 Å².